The molecule has 0 saturated carbocycles. The number of nitrogens with one attached hydrogen (secondary N) is 1. The van der Waals surface area contributed by atoms with Crippen LogP contribution in [-0.2, 0) is 0 Å². The first kappa shape index (κ1) is 8.74. The van der Waals surface area contributed by atoms with E-state index in [1.807, 2.05) is 31.2 Å². The minimum Gasteiger partial charge on any atom is -0.298 e. The normalized spacial score (nSPS) is 9.58. The molecule has 1 rings (SSSR count). The Labute approximate surface area is 72.3 Å². The topological polar surface area (TPSA) is 53.1 Å². The molecule has 3 N–H and O–H groups in total. The molecule has 64 valence electrons. The fourth-order valence-electron chi connectivity index (χ4n) is 0.996. The van der Waals surface area contributed by atoms with Crippen molar-refractivity contribution in [3.05, 3.63) is 35.4 Å². The van der Waals surface area contributed by atoms with Gasteiger partial charge in [-0.3, -0.25) is 10.4 Å². The van der Waals surface area contributed by atoms with E-state index in [1.54, 1.807) is 7.05 Å². The lowest BCUT2D eigenvalue weighted by Crippen LogP contribution is -2.33. The van der Waals surface area contributed by atoms with Gasteiger partial charge in [-0.15, -0.1) is 0 Å². The largest absolute Gasteiger partial charge is 0.298 e. The zero-order valence-electron chi connectivity index (χ0n) is 7.33. The lowest BCUT2D eigenvalue weighted by atomic mass is 10.1. The van der Waals surface area contributed by atoms with Crippen molar-refractivity contribution in [2.24, 2.45) is 5.84 Å². The van der Waals surface area contributed by atoms with Crippen molar-refractivity contribution < 1.29 is 0 Å². The Hall–Kier alpha value is -1.35. The third kappa shape index (κ3) is 1.83. The Kier molecular flexibility index (Phi) is 2.45. The van der Waals surface area contributed by atoms with Crippen molar-refractivity contribution in [3.63, 3.8) is 0 Å². The van der Waals surface area contributed by atoms with Crippen LogP contribution in [0, 0.1) is 12.3 Å². The van der Waals surface area contributed by atoms with Crippen molar-refractivity contribution >= 4 is 5.84 Å². The van der Waals surface area contributed by atoms with Crippen molar-refractivity contribution in [1.82, 2.24) is 5.01 Å². The fraction of sp³-hybridized carbons (Fsp3) is 0.222. The molecule has 3 heteroatoms. The Morgan fingerprint density at radius 3 is 2.67 bits per heavy atom. The molecule has 3 nitrogen and oxygen atoms in total. The SMILES string of the molecule is Cc1cccc(C(=N)N(C)N)c1. The van der Waals surface area contributed by atoms with Crippen LogP contribution in [0.2, 0.25) is 0 Å². The van der Waals surface area contributed by atoms with E-state index in [0.29, 0.717) is 5.84 Å². The minimum absolute atomic E-state index is 0.332. The highest BCUT2D eigenvalue weighted by Gasteiger charge is 2.02. The molecule has 0 unspecified atom stereocenters. The molecule has 0 bridgehead atoms. The van der Waals surface area contributed by atoms with E-state index in [0.717, 1.165) is 11.1 Å². The van der Waals surface area contributed by atoms with Crippen LogP contribution in [0.1, 0.15) is 11.1 Å². The number of rotatable bonds is 1. The molecule has 0 radical (unpaired) electrons. The fourth-order valence-corrected chi connectivity index (χ4v) is 0.996. The maximum Gasteiger partial charge on any atom is 0.142 e. The van der Waals surface area contributed by atoms with Crippen molar-refractivity contribution in [1.29, 1.82) is 5.41 Å². The summed E-state index contributed by atoms with van der Waals surface area (Å²) in [5.41, 5.74) is 1.99. The van der Waals surface area contributed by atoms with Crippen molar-refractivity contribution in [3.8, 4) is 0 Å². The van der Waals surface area contributed by atoms with Gasteiger partial charge in [0.2, 0.25) is 0 Å². The Bertz CT molecular complexity index is 292. The molecule has 0 amide bonds. The van der Waals surface area contributed by atoms with E-state index in [2.05, 4.69) is 0 Å². The maximum absolute atomic E-state index is 7.58. The van der Waals surface area contributed by atoms with Gasteiger partial charge in [-0.2, -0.15) is 0 Å². The lowest BCUT2D eigenvalue weighted by Gasteiger charge is -2.13. The molecule has 0 spiro atoms. The van der Waals surface area contributed by atoms with E-state index in [-0.39, 0.29) is 0 Å². The van der Waals surface area contributed by atoms with Gasteiger partial charge in [0.15, 0.2) is 0 Å². The van der Waals surface area contributed by atoms with Crippen LogP contribution in [0.25, 0.3) is 0 Å². The second-order valence-corrected chi connectivity index (χ2v) is 2.83. The smallest absolute Gasteiger partial charge is 0.142 e. The standard InChI is InChI=1S/C9H13N3/c1-7-4-3-5-8(6-7)9(10)12(2)11/h3-6,10H,11H2,1-2H3. The molecule has 0 aliphatic carbocycles. The molecule has 0 aliphatic heterocycles. The van der Waals surface area contributed by atoms with E-state index in [4.69, 9.17) is 11.3 Å². The molecule has 0 heterocycles. The first-order chi connectivity index (χ1) is 5.61. The van der Waals surface area contributed by atoms with Crippen LogP contribution in [0.4, 0.5) is 0 Å². The summed E-state index contributed by atoms with van der Waals surface area (Å²) in [6.45, 7) is 1.99. The van der Waals surface area contributed by atoms with Gasteiger partial charge in [0, 0.05) is 12.6 Å². The van der Waals surface area contributed by atoms with E-state index < -0.39 is 0 Å². The molecule has 0 fully saturated rings. The quantitative estimate of drug-likeness (QED) is 0.282. The Balaban J connectivity index is 2.96. The van der Waals surface area contributed by atoms with E-state index in [9.17, 15) is 0 Å². The minimum atomic E-state index is 0.332. The van der Waals surface area contributed by atoms with Gasteiger partial charge in [0.25, 0.3) is 0 Å². The summed E-state index contributed by atoms with van der Waals surface area (Å²) in [6, 6.07) is 7.72. The van der Waals surface area contributed by atoms with Crippen LogP contribution in [0.15, 0.2) is 24.3 Å². The van der Waals surface area contributed by atoms with Crippen LogP contribution in [0.5, 0.6) is 0 Å². The third-order valence-electron chi connectivity index (χ3n) is 1.64. The summed E-state index contributed by atoms with van der Waals surface area (Å²) in [5.74, 6) is 5.76. The number of hydrogen-bond acceptors (Lipinski definition) is 2. The monoisotopic (exact) mass is 163 g/mol. The summed E-state index contributed by atoms with van der Waals surface area (Å²) >= 11 is 0. The predicted octanol–water partition coefficient (Wildman–Crippen LogP) is 1.13. The van der Waals surface area contributed by atoms with Gasteiger partial charge >= 0.3 is 0 Å². The van der Waals surface area contributed by atoms with Crippen molar-refractivity contribution in [2.75, 3.05) is 7.05 Å². The first-order valence-corrected chi connectivity index (χ1v) is 3.75. The van der Waals surface area contributed by atoms with Gasteiger partial charge < -0.3 is 0 Å². The van der Waals surface area contributed by atoms with Crippen LogP contribution in [-0.4, -0.2) is 17.9 Å². The summed E-state index contributed by atoms with van der Waals surface area (Å²) in [7, 11) is 1.66. The van der Waals surface area contributed by atoms with Crippen molar-refractivity contribution in [2.45, 2.75) is 6.92 Å². The third-order valence-corrected chi connectivity index (χ3v) is 1.64. The maximum atomic E-state index is 7.58. The molecule has 1 aromatic carbocycles. The average molecular weight is 163 g/mol. The summed E-state index contributed by atoms with van der Waals surface area (Å²) in [6.07, 6.45) is 0. The molecule has 0 saturated heterocycles. The molecular weight excluding hydrogens is 150 g/mol. The van der Waals surface area contributed by atoms with Crippen LogP contribution < -0.4 is 5.84 Å². The van der Waals surface area contributed by atoms with Gasteiger partial charge in [-0.25, -0.2) is 5.84 Å². The number of benzene rings is 1. The van der Waals surface area contributed by atoms with Gasteiger partial charge in [-0.05, 0) is 13.0 Å². The van der Waals surface area contributed by atoms with E-state index >= 15 is 0 Å². The second kappa shape index (κ2) is 3.36. The number of nitrogens with two attached hydrogens (primary N) is 1. The molecule has 0 aliphatic rings. The number of hydrogen-bond donors (Lipinski definition) is 2. The molecule has 0 atom stereocenters. The highest BCUT2D eigenvalue weighted by molar-refractivity contribution is 5.95. The first-order valence-electron chi connectivity index (χ1n) is 3.75. The van der Waals surface area contributed by atoms with Crippen LogP contribution >= 0.6 is 0 Å². The van der Waals surface area contributed by atoms with E-state index in [1.165, 1.54) is 5.01 Å². The zero-order valence-corrected chi connectivity index (χ0v) is 7.33. The average Bonchev–Trinajstić information content (AvgIpc) is 2.03. The number of amidine groups is 1. The summed E-state index contributed by atoms with van der Waals surface area (Å²) < 4.78 is 0. The highest BCUT2D eigenvalue weighted by Crippen LogP contribution is 2.04. The van der Waals surface area contributed by atoms with Gasteiger partial charge in [0.05, 0.1) is 0 Å². The molecule has 1 aromatic rings. The van der Waals surface area contributed by atoms with Crippen LogP contribution in [0.3, 0.4) is 0 Å². The summed E-state index contributed by atoms with van der Waals surface area (Å²) in [5, 5.41) is 8.88. The molecule has 12 heavy (non-hydrogen) atoms. The predicted molar refractivity (Wildman–Crippen MR) is 50.0 cm³/mol. The second-order valence-electron chi connectivity index (χ2n) is 2.83. The molecular formula is C9H13N3. The highest BCUT2D eigenvalue weighted by atomic mass is 15.4. The number of nitrogens with zero attached hydrogens (tertiary/aromatic N) is 1. The zero-order chi connectivity index (χ0) is 9.14. The van der Waals surface area contributed by atoms with Gasteiger partial charge in [0.1, 0.15) is 5.84 Å². The van der Waals surface area contributed by atoms with Gasteiger partial charge in [-0.1, -0.05) is 23.8 Å². The lowest BCUT2D eigenvalue weighted by molar-refractivity contribution is 0.536. The summed E-state index contributed by atoms with van der Waals surface area (Å²) in [4.78, 5) is 0. The molecule has 0 aromatic heterocycles. The Morgan fingerprint density at radius 2 is 2.17 bits per heavy atom. The number of aryl methyl sites for hydroxylation is 1. The number of hydrazine groups is 1. The Morgan fingerprint density at radius 1 is 1.50 bits per heavy atom.